The van der Waals surface area contributed by atoms with Crippen LogP contribution in [-0.4, -0.2) is 38.9 Å². The summed E-state index contributed by atoms with van der Waals surface area (Å²) < 4.78 is 38.3. The van der Waals surface area contributed by atoms with Gasteiger partial charge in [-0.15, -0.1) is 0 Å². The van der Waals surface area contributed by atoms with Crippen molar-refractivity contribution in [2.24, 2.45) is 0 Å². The highest BCUT2D eigenvalue weighted by Crippen LogP contribution is 2.16. The van der Waals surface area contributed by atoms with Gasteiger partial charge in [-0.1, -0.05) is 0 Å². The summed E-state index contributed by atoms with van der Waals surface area (Å²) in [6.07, 6.45) is 0. The Balaban J connectivity index is 0.00000144. The van der Waals surface area contributed by atoms with Crippen molar-refractivity contribution >= 4 is 10.0 Å². The van der Waals surface area contributed by atoms with Gasteiger partial charge in [-0.25, -0.2) is 12.8 Å². The molecule has 1 aromatic carbocycles. The molecule has 0 radical (unpaired) electrons. The highest BCUT2D eigenvalue weighted by molar-refractivity contribution is 7.89. The maximum atomic E-state index is 12.7. The molecule has 0 aliphatic carbocycles. The monoisotopic (exact) mass is 279 g/mol. The lowest BCUT2D eigenvalue weighted by Crippen LogP contribution is -3.00. The first-order valence-corrected chi connectivity index (χ1v) is 6.51. The van der Waals surface area contributed by atoms with Gasteiger partial charge in [0.2, 0.25) is 10.0 Å². The molecule has 1 aromatic rings. The van der Waals surface area contributed by atoms with E-state index in [-0.39, 0.29) is 17.3 Å². The predicted octanol–water partition coefficient (Wildman–Crippen LogP) is -2.58. The van der Waals surface area contributed by atoms with Crippen LogP contribution in [0, 0.1) is 5.82 Å². The second-order valence-corrected chi connectivity index (χ2v) is 5.55. The molecule has 0 saturated carbocycles. The number of hydrogen-bond donors (Lipinski definition) is 1. The van der Waals surface area contributed by atoms with Gasteiger partial charge in [-0.2, -0.15) is 4.31 Å². The van der Waals surface area contributed by atoms with Crippen molar-refractivity contribution in [2.75, 3.05) is 26.2 Å². The lowest BCUT2D eigenvalue weighted by molar-refractivity contribution is -0.00000647. The molecule has 0 unspecified atom stereocenters. The molecular formula is C10H13ClFN2O2S-. The van der Waals surface area contributed by atoms with Crippen LogP contribution in [0.15, 0.2) is 29.2 Å². The van der Waals surface area contributed by atoms with Crippen molar-refractivity contribution in [3.63, 3.8) is 0 Å². The number of halogens is 2. The fourth-order valence-corrected chi connectivity index (χ4v) is 3.08. The molecule has 4 nitrogen and oxygen atoms in total. The first-order valence-electron chi connectivity index (χ1n) is 5.07. The number of rotatable bonds is 2. The summed E-state index contributed by atoms with van der Waals surface area (Å²) >= 11 is 0. The number of sulfonamides is 1. The van der Waals surface area contributed by atoms with Gasteiger partial charge in [-0.3, -0.25) is 0 Å². The van der Waals surface area contributed by atoms with Crippen molar-refractivity contribution in [1.82, 2.24) is 9.62 Å². The Morgan fingerprint density at radius 1 is 1.12 bits per heavy atom. The van der Waals surface area contributed by atoms with Gasteiger partial charge in [0.15, 0.2) is 0 Å². The molecular weight excluding hydrogens is 267 g/mol. The predicted molar refractivity (Wildman–Crippen MR) is 58.0 cm³/mol. The van der Waals surface area contributed by atoms with E-state index in [0.29, 0.717) is 26.2 Å². The standard InChI is InChI=1S/C10H13FN2O2S.ClH/c11-9-1-3-10(4-2-9)16(14,15)13-7-5-12-6-8-13;/h1-4,12H,5-8H2;1H/p-1. The third-order valence-electron chi connectivity index (χ3n) is 2.53. The molecule has 2 rings (SSSR count). The normalized spacial score (nSPS) is 17.5. The van der Waals surface area contributed by atoms with Crippen molar-refractivity contribution in [2.45, 2.75) is 4.90 Å². The zero-order chi connectivity index (χ0) is 11.6. The van der Waals surface area contributed by atoms with Crippen molar-refractivity contribution in [3.05, 3.63) is 30.1 Å². The molecule has 17 heavy (non-hydrogen) atoms. The molecule has 1 fully saturated rings. The number of hydrogen-bond acceptors (Lipinski definition) is 3. The summed E-state index contributed by atoms with van der Waals surface area (Å²) in [6, 6.07) is 4.92. The smallest absolute Gasteiger partial charge is 0.243 e. The lowest BCUT2D eigenvalue weighted by Gasteiger charge is -2.26. The molecule has 1 N–H and O–H groups in total. The number of nitrogens with one attached hydrogen (secondary N) is 1. The Kier molecular flexibility index (Phi) is 4.88. The Bertz CT molecular complexity index is 458. The third-order valence-corrected chi connectivity index (χ3v) is 4.44. The highest BCUT2D eigenvalue weighted by Gasteiger charge is 2.25. The average Bonchev–Trinajstić information content (AvgIpc) is 2.31. The summed E-state index contributed by atoms with van der Waals surface area (Å²) in [7, 11) is -3.45. The van der Waals surface area contributed by atoms with Gasteiger partial charge in [0, 0.05) is 26.2 Å². The fourth-order valence-electron chi connectivity index (χ4n) is 1.64. The molecule has 0 amide bonds. The summed E-state index contributed by atoms with van der Waals surface area (Å²) in [6.45, 7) is 2.22. The van der Waals surface area contributed by atoms with Crippen LogP contribution in [0.3, 0.4) is 0 Å². The molecule has 0 spiro atoms. The molecule has 96 valence electrons. The van der Waals surface area contributed by atoms with Crippen LogP contribution in [0.2, 0.25) is 0 Å². The van der Waals surface area contributed by atoms with Crippen molar-refractivity contribution in [1.29, 1.82) is 0 Å². The summed E-state index contributed by atoms with van der Waals surface area (Å²) in [5.74, 6) is -0.431. The van der Waals surface area contributed by atoms with E-state index in [9.17, 15) is 12.8 Å². The van der Waals surface area contributed by atoms with Gasteiger partial charge in [0.25, 0.3) is 0 Å². The Morgan fingerprint density at radius 2 is 1.65 bits per heavy atom. The van der Waals surface area contributed by atoms with E-state index >= 15 is 0 Å². The van der Waals surface area contributed by atoms with Crippen LogP contribution in [0.5, 0.6) is 0 Å². The van der Waals surface area contributed by atoms with Gasteiger partial charge >= 0.3 is 0 Å². The lowest BCUT2D eigenvalue weighted by atomic mass is 10.4. The summed E-state index contributed by atoms with van der Waals surface area (Å²) in [5, 5.41) is 3.08. The third kappa shape index (κ3) is 3.16. The van der Waals surface area contributed by atoms with Crippen LogP contribution in [0.4, 0.5) is 4.39 Å². The zero-order valence-electron chi connectivity index (χ0n) is 9.07. The molecule has 1 aliphatic rings. The van der Waals surface area contributed by atoms with E-state index in [0.717, 1.165) is 12.1 Å². The largest absolute Gasteiger partial charge is 1.00 e. The minimum absolute atomic E-state index is 0. The number of nitrogens with zero attached hydrogens (tertiary/aromatic N) is 1. The SMILES string of the molecule is O=S(=O)(c1ccc(F)cc1)N1CCNCC1.[Cl-]. The van der Waals surface area contributed by atoms with Crippen LogP contribution >= 0.6 is 0 Å². The van der Waals surface area contributed by atoms with E-state index in [1.54, 1.807) is 0 Å². The summed E-state index contributed by atoms with van der Waals surface area (Å²) in [5.41, 5.74) is 0. The maximum Gasteiger partial charge on any atom is 0.243 e. The van der Waals surface area contributed by atoms with E-state index in [1.165, 1.54) is 16.4 Å². The molecule has 7 heteroatoms. The van der Waals surface area contributed by atoms with Crippen LogP contribution < -0.4 is 17.7 Å². The van der Waals surface area contributed by atoms with E-state index in [1.807, 2.05) is 0 Å². The van der Waals surface area contributed by atoms with Crippen molar-refractivity contribution in [3.8, 4) is 0 Å². The topological polar surface area (TPSA) is 49.4 Å². The first kappa shape index (κ1) is 14.4. The molecule has 1 aliphatic heterocycles. The van der Waals surface area contributed by atoms with Gasteiger partial charge in [0.1, 0.15) is 5.82 Å². The zero-order valence-corrected chi connectivity index (χ0v) is 10.6. The summed E-state index contributed by atoms with van der Waals surface area (Å²) in [4.78, 5) is 0.149. The molecule has 1 saturated heterocycles. The second-order valence-electron chi connectivity index (χ2n) is 3.61. The van der Waals surface area contributed by atoms with Gasteiger partial charge in [-0.05, 0) is 24.3 Å². The van der Waals surface area contributed by atoms with Crippen LogP contribution in [0.25, 0.3) is 0 Å². The van der Waals surface area contributed by atoms with Gasteiger partial charge < -0.3 is 17.7 Å². The van der Waals surface area contributed by atoms with E-state index < -0.39 is 15.8 Å². The number of benzene rings is 1. The molecule has 0 bridgehead atoms. The van der Waals surface area contributed by atoms with E-state index in [2.05, 4.69) is 5.32 Å². The van der Waals surface area contributed by atoms with Crippen LogP contribution in [-0.2, 0) is 10.0 Å². The van der Waals surface area contributed by atoms with E-state index in [4.69, 9.17) is 0 Å². The number of piperazine rings is 1. The van der Waals surface area contributed by atoms with Crippen LogP contribution in [0.1, 0.15) is 0 Å². The molecule has 0 atom stereocenters. The Hall–Kier alpha value is -0.690. The first-order chi connectivity index (χ1) is 7.60. The van der Waals surface area contributed by atoms with Gasteiger partial charge in [0.05, 0.1) is 4.90 Å². The Morgan fingerprint density at radius 3 is 2.18 bits per heavy atom. The minimum atomic E-state index is -3.45. The molecule has 1 heterocycles. The highest BCUT2D eigenvalue weighted by atomic mass is 35.5. The fraction of sp³-hybridized carbons (Fsp3) is 0.400. The quantitative estimate of drug-likeness (QED) is 0.647. The second kappa shape index (κ2) is 5.77. The maximum absolute atomic E-state index is 12.7. The van der Waals surface area contributed by atoms with Crippen molar-refractivity contribution < 1.29 is 25.2 Å². The minimum Gasteiger partial charge on any atom is -1.00 e. The molecule has 0 aromatic heterocycles. The average molecular weight is 280 g/mol. The Labute approximate surface area is 106 Å².